The number of hydrogen-bond donors (Lipinski definition) is 0. The average Bonchev–Trinajstić information content (AvgIpc) is 2.91. The smallest absolute Gasteiger partial charge is 0.170 e. The SMILES string of the molecule is CCCc1cccc(C(=O)C2CCc3ccccc32)c1. The monoisotopic (exact) mass is 264 g/mol. The van der Waals surface area contributed by atoms with Crippen LogP contribution in [0.5, 0.6) is 0 Å². The predicted octanol–water partition coefficient (Wildman–Crippen LogP) is 4.55. The zero-order chi connectivity index (χ0) is 13.9. The van der Waals surface area contributed by atoms with Gasteiger partial charge in [-0.1, -0.05) is 55.8 Å². The van der Waals surface area contributed by atoms with Gasteiger partial charge in [0.05, 0.1) is 0 Å². The van der Waals surface area contributed by atoms with Crippen LogP contribution in [0.3, 0.4) is 0 Å². The van der Waals surface area contributed by atoms with Gasteiger partial charge in [-0.25, -0.2) is 0 Å². The minimum Gasteiger partial charge on any atom is -0.293 e. The number of hydrogen-bond acceptors (Lipinski definition) is 1. The molecule has 1 aliphatic rings. The van der Waals surface area contributed by atoms with Crippen LogP contribution in [0.2, 0.25) is 0 Å². The molecule has 0 amide bonds. The van der Waals surface area contributed by atoms with E-state index in [-0.39, 0.29) is 11.7 Å². The lowest BCUT2D eigenvalue weighted by Crippen LogP contribution is -2.10. The molecule has 0 N–H and O–H groups in total. The molecule has 0 saturated carbocycles. The van der Waals surface area contributed by atoms with Crippen molar-refractivity contribution in [1.29, 1.82) is 0 Å². The maximum Gasteiger partial charge on any atom is 0.170 e. The first-order chi connectivity index (χ1) is 9.79. The molecule has 1 heteroatoms. The van der Waals surface area contributed by atoms with Gasteiger partial charge in [-0.15, -0.1) is 0 Å². The molecule has 0 radical (unpaired) electrons. The van der Waals surface area contributed by atoms with Crippen LogP contribution in [0.4, 0.5) is 0 Å². The van der Waals surface area contributed by atoms with Gasteiger partial charge in [0.2, 0.25) is 0 Å². The van der Waals surface area contributed by atoms with E-state index < -0.39 is 0 Å². The molecule has 3 rings (SSSR count). The first kappa shape index (κ1) is 13.1. The average molecular weight is 264 g/mol. The first-order valence-electron chi connectivity index (χ1n) is 7.50. The van der Waals surface area contributed by atoms with E-state index in [2.05, 4.69) is 37.3 Å². The third-order valence-corrected chi connectivity index (χ3v) is 4.20. The zero-order valence-electron chi connectivity index (χ0n) is 11.9. The van der Waals surface area contributed by atoms with E-state index >= 15 is 0 Å². The molecule has 1 nitrogen and oxygen atoms in total. The lowest BCUT2D eigenvalue weighted by atomic mass is 9.91. The highest BCUT2D eigenvalue weighted by atomic mass is 16.1. The molecule has 1 unspecified atom stereocenters. The van der Waals surface area contributed by atoms with Crippen molar-refractivity contribution in [2.24, 2.45) is 0 Å². The summed E-state index contributed by atoms with van der Waals surface area (Å²) in [6.07, 6.45) is 4.14. The summed E-state index contributed by atoms with van der Waals surface area (Å²) < 4.78 is 0. The number of Topliss-reactive ketones (excluding diaryl/α,β-unsaturated/α-hetero) is 1. The van der Waals surface area contributed by atoms with Crippen LogP contribution < -0.4 is 0 Å². The zero-order valence-corrected chi connectivity index (χ0v) is 11.9. The van der Waals surface area contributed by atoms with Gasteiger partial charge < -0.3 is 0 Å². The number of carbonyl (C=O) groups is 1. The molecule has 2 aromatic rings. The largest absolute Gasteiger partial charge is 0.293 e. The minimum absolute atomic E-state index is 0.0584. The van der Waals surface area contributed by atoms with Crippen LogP contribution in [0.25, 0.3) is 0 Å². The predicted molar refractivity (Wildman–Crippen MR) is 82.3 cm³/mol. The molecule has 0 heterocycles. The van der Waals surface area contributed by atoms with Crippen molar-refractivity contribution in [2.75, 3.05) is 0 Å². The summed E-state index contributed by atoms with van der Waals surface area (Å²) in [4.78, 5) is 12.8. The maximum atomic E-state index is 12.8. The lowest BCUT2D eigenvalue weighted by molar-refractivity contribution is 0.0959. The van der Waals surface area contributed by atoms with Gasteiger partial charge in [0.1, 0.15) is 0 Å². The van der Waals surface area contributed by atoms with Crippen molar-refractivity contribution in [3.8, 4) is 0 Å². The van der Waals surface area contributed by atoms with Crippen LogP contribution in [0.1, 0.15) is 52.7 Å². The second-order valence-electron chi connectivity index (χ2n) is 5.60. The Kier molecular flexibility index (Phi) is 3.68. The fraction of sp³-hybridized carbons (Fsp3) is 0.316. The molecule has 0 bridgehead atoms. The van der Waals surface area contributed by atoms with Crippen LogP contribution in [0.15, 0.2) is 48.5 Å². The van der Waals surface area contributed by atoms with Crippen molar-refractivity contribution in [3.63, 3.8) is 0 Å². The van der Waals surface area contributed by atoms with Crippen molar-refractivity contribution in [2.45, 2.75) is 38.5 Å². The van der Waals surface area contributed by atoms with Gasteiger partial charge in [-0.3, -0.25) is 4.79 Å². The quantitative estimate of drug-likeness (QED) is 0.740. The van der Waals surface area contributed by atoms with Crippen LogP contribution in [0, 0.1) is 0 Å². The van der Waals surface area contributed by atoms with E-state index in [9.17, 15) is 4.79 Å². The second-order valence-corrected chi connectivity index (χ2v) is 5.60. The molecule has 2 aromatic carbocycles. The third kappa shape index (κ3) is 2.40. The van der Waals surface area contributed by atoms with Gasteiger partial charge in [0, 0.05) is 11.5 Å². The van der Waals surface area contributed by atoms with Gasteiger partial charge in [0.15, 0.2) is 5.78 Å². The van der Waals surface area contributed by atoms with Crippen molar-refractivity contribution >= 4 is 5.78 Å². The Morgan fingerprint density at radius 3 is 2.85 bits per heavy atom. The number of rotatable bonds is 4. The highest BCUT2D eigenvalue weighted by Crippen LogP contribution is 2.35. The Morgan fingerprint density at radius 1 is 1.15 bits per heavy atom. The summed E-state index contributed by atoms with van der Waals surface area (Å²) in [5, 5.41) is 0. The Bertz CT molecular complexity index is 627. The summed E-state index contributed by atoms with van der Waals surface area (Å²) in [5.41, 5.74) is 4.72. The van der Waals surface area contributed by atoms with Crippen LogP contribution in [-0.4, -0.2) is 5.78 Å². The van der Waals surface area contributed by atoms with Gasteiger partial charge in [-0.05, 0) is 42.0 Å². The summed E-state index contributed by atoms with van der Waals surface area (Å²) in [6, 6.07) is 16.5. The number of carbonyl (C=O) groups excluding carboxylic acids is 1. The van der Waals surface area contributed by atoms with E-state index in [4.69, 9.17) is 0 Å². The fourth-order valence-corrected chi connectivity index (χ4v) is 3.20. The molecular formula is C19H20O. The van der Waals surface area contributed by atoms with Crippen LogP contribution in [-0.2, 0) is 12.8 Å². The lowest BCUT2D eigenvalue weighted by Gasteiger charge is -2.11. The third-order valence-electron chi connectivity index (χ3n) is 4.20. The minimum atomic E-state index is 0.0584. The molecular weight excluding hydrogens is 244 g/mol. The van der Waals surface area contributed by atoms with E-state index in [1.165, 1.54) is 16.7 Å². The number of ketones is 1. The van der Waals surface area contributed by atoms with E-state index in [0.29, 0.717) is 0 Å². The normalized spacial score (nSPS) is 16.9. The molecule has 102 valence electrons. The number of fused-ring (bicyclic) bond motifs is 1. The molecule has 0 saturated heterocycles. The molecule has 0 spiro atoms. The maximum absolute atomic E-state index is 12.8. The molecule has 0 fully saturated rings. The van der Waals surface area contributed by atoms with E-state index in [0.717, 1.165) is 31.2 Å². The Morgan fingerprint density at radius 2 is 2.00 bits per heavy atom. The van der Waals surface area contributed by atoms with Crippen LogP contribution >= 0.6 is 0 Å². The fourth-order valence-electron chi connectivity index (χ4n) is 3.20. The highest BCUT2D eigenvalue weighted by Gasteiger charge is 2.28. The summed E-state index contributed by atoms with van der Waals surface area (Å²) >= 11 is 0. The standard InChI is InChI=1S/C19H20O/c1-2-6-14-7-5-9-16(13-14)19(20)18-12-11-15-8-3-4-10-17(15)18/h3-5,7-10,13,18H,2,6,11-12H2,1H3. The highest BCUT2D eigenvalue weighted by molar-refractivity contribution is 6.01. The number of benzene rings is 2. The number of aryl methyl sites for hydroxylation is 2. The van der Waals surface area contributed by atoms with Gasteiger partial charge >= 0.3 is 0 Å². The van der Waals surface area contributed by atoms with Crippen molar-refractivity contribution in [1.82, 2.24) is 0 Å². The molecule has 20 heavy (non-hydrogen) atoms. The summed E-state index contributed by atoms with van der Waals surface area (Å²) in [7, 11) is 0. The first-order valence-corrected chi connectivity index (χ1v) is 7.50. The Hall–Kier alpha value is -1.89. The summed E-state index contributed by atoms with van der Waals surface area (Å²) in [6.45, 7) is 2.17. The Labute approximate surface area is 120 Å². The Balaban J connectivity index is 1.89. The van der Waals surface area contributed by atoms with Gasteiger partial charge in [-0.2, -0.15) is 0 Å². The van der Waals surface area contributed by atoms with E-state index in [1.54, 1.807) is 0 Å². The molecule has 0 aromatic heterocycles. The molecule has 1 aliphatic carbocycles. The van der Waals surface area contributed by atoms with Gasteiger partial charge in [0.25, 0.3) is 0 Å². The molecule has 0 aliphatic heterocycles. The van der Waals surface area contributed by atoms with Crippen molar-refractivity contribution in [3.05, 3.63) is 70.8 Å². The van der Waals surface area contributed by atoms with E-state index in [1.807, 2.05) is 18.2 Å². The second kappa shape index (κ2) is 5.62. The molecule has 1 atom stereocenters. The summed E-state index contributed by atoms with van der Waals surface area (Å²) in [5.74, 6) is 0.343. The topological polar surface area (TPSA) is 17.1 Å². The van der Waals surface area contributed by atoms with Crippen molar-refractivity contribution < 1.29 is 4.79 Å².